The molecule has 0 bridgehead atoms. The van der Waals surface area contributed by atoms with Crippen molar-refractivity contribution in [2.75, 3.05) is 0 Å². The molecule has 0 aliphatic carbocycles. The molecule has 0 N–H and O–H groups in total. The number of nitrogens with zero attached hydrogens (tertiary/aromatic N) is 2. The van der Waals surface area contributed by atoms with E-state index in [-0.39, 0.29) is 21.1 Å². The van der Waals surface area contributed by atoms with Crippen LogP contribution in [0.15, 0.2) is 108 Å². The number of hydrogen-bond donors (Lipinski definition) is 0. The number of aliphatic imine (C=N–C) groups is 1. The molecule has 0 atom stereocenters. The minimum Gasteiger partial charge on any atom is -0.302 e. The molecular formula is C30H18N2Pt. The molecule has 0 radical (unpaired) electrons. The van der Waals surface area contributed by atoms with E-state index < -0.39 is 0 Å². The summed E-state index contributed by atoms with van der Waals surface area (Å²) in [5, 5.41) is 5.62. The van der Waals surface area contributed by atoms with Crippen molar-refractivity contribution in [2.24, 2.45) is 4.99 Å². The molecule has 2 nitrogen and oxygen atoms in total. The normalized spacial score (nSPS) is 11.3. The van der Waals surface area contributed by atoms with Gasteiger partial charge >= 0.3 is 21.1 Å². The molecule has 0 saturated heterocycles. The fourth-order valence-corrected chi connectivity index (χ4v) is 4.18. The van der Waals surface area contributed by atoms with Crippen LogP contribution in [0.4, 0.5) is 5.69 Å². The van der Waals surface area contributed by atoms with Gasteiger partial charge in [0.1, 0.15) is 0 Å². The average Bonchev–Trinajstić information content (AvgIpc) is 2.87. The first-order valence-corrected chi connectivity index (χ1v) is 10.6. The molecule has 0 fully saturated rings. The minimum absolute atomic E-state index is 0. The van der Waals surface area contributed by atoms with E-state index in [4.69, 9.17) is 9.98 Å². The fraction of sp³-hybridized carbons (Fsp3) is 0. The SMILES string of the molecule is [Pt+2].[c-]1ccc2ccccc2c1C=Nc1cccc2ccc(-c3cccc4ccc[c-]c34)nc12. The number of rotatable bonds is 3. The van der Waals surface area contributed by atoms with Gasteiger partial charge in [0, 0.05) is 11.1 Å². The Morgan fingerprint density at radius 2 is 1.48 bits per heavy atom. The Labute approximate surface area is 206 Å². The zero-order valence-corrected chi connectivity index (χ0v) is 19.9. The third-order valence-electron chi connectivity index (χ3n) is 5.76. The Balaban J connectivity index is 0.00000228. The predicted octanol–water partition coefficient (Wildman–Crippen LogP) is 7.56. The van der Waals surface area contributed by atoms with E-state index in [1.165, 1.54) is 5.39 Å². The molecule has 3 heteroatoms. The summed E-state index contributed by atoms with van der Waals surface area (Å²) in [7, 11) is 0. The molecule has 6 aromatic rings. The van der Waals surface area contributed by atoms with E-state index in [9.17, 15) is 0 Å². The van der Waals surface area contributed by atoms with Crippen LogP contribution in [0.5, 0.6) is 0 Å². The summed E-state index contributed by atoms with van der Waals surface area (Å²) in [6.45, 7) is 0. The average molecular weight is 602 g/mol. The summed E-state index contributed by atoms with van der Waals surface area (Å²) < 4.78 is 0. The maximum absolute atomic E-state index is 5.03. The first-order valence-electron chi connectivity index (χ1n) is 10.6. The van der Waals surface area contributed by atoms with Crippen LogP contribution in [0, 0.1) is 12.1 Å². The Bertz CT molecular complexity index is 1630. The molecule has 0 unspecified atom stereocenters. The number of benzene rings is 5. The Morgan fingerprint density at radius 3 is 2.45 bits per heavy atom. The molecule has 5 aromatic carbocycles. The maximum atomic E-state index is 5.03. The van der Waals surface area contributed by atoms with Crippen molar-refractivity contribution < 1.29 is 21.1 Å². The van der Waals surface area contributed by atoms with Gasteiger partial charge < -0.3 is 4.99 Å². The van der Waals surface area contributed by atoms with Crippen LogP contribution >= 0.6 is 0 Å². The zero-order chi connectivity index (χ0) is 21.3. The van der Waals surface area contributed by atoms with E-state index in [1.807, 2.05) is 48.7 Å². The summed E-state index contributed by atoms with van der Waals surface area (Å²) in [5.41, 5.74) is 4.69. The molecule has 0 aliphatic heterocycles. The van der Waals surface area contributed by atoms with Gasteiger partial charge in [-0.3, -0.25) is 4.98 Å². The molecule has 1 aromatic heterocycles. The quantitative estimate of drug-likeness (QED) is 0.152. The largest absolute Gasteiger partial charge is 2.00 e. The molecule has 0 saturated carbocycles. The van der Waals surface area contributed by atoms with Crippen molar-refractivity contribution in [3.05, 3.63) is 121 Å². The monoisotopic (exact) mass is 601 g/mol. The molecule has 0 spiro atoms. The third kappa shape index (κ3) is 3.99. The Kier molecular flexibility index (Phi) is 5.86. The van der Waals surface area contributed by atoms with Gasteiger partial charge in [-0.05, 0) is 18.3 Å². The number of pyridine rings is 1. The number of para-hydroxylation sites is 1. The van der Waals surface area contributed by atoms with Crippen molar-refractivity contribution in [1.82, 2.24) is 4.98 Å². The number of aromatic nitrogens is 1. The van der Waals surface area contributed by atoms with Gasteiger partial charge in [-0.2, -0.15) is 0 Å². The van der Waals surface area contributed by atoms with Crippen LogP contribution in [-0.4, -0.2) is 11.2 Å². The molecule has 0 amide bonds. The van der Waals surface area contributed by atoms with Crippen molar-refractivity contribution >= 4 is 44.3 Å². The van der Waals surface area contributed by atoms with E-state index >= 15 is 0 Å². The summed E-state index contributed by atoms with van der Waals surface area (Å²) in [6, 6.07) is 41.6. The van der Waals surface area contributed by atoms with Crippen LogP contribution in [0.3, 0.4) is 0 Å². The zero-order valence-electron chi connectivity index (χ0n) is 17.6. The standard InChI is InChI=1S/C30H18N2.Pt/c1-3-14-25-21(8-1)10-5-13-24(25)20-31-29-17-7-12-23-18-19-28(32-30(23)29)27-16-6-11-22-9-2-4-15-26(22)27;/h1-12,14,16-20H;/q-2;+2. The molecule has 33 heavy (non-hydrogen) atoms. The summed E-state index contributed by atoms with van der Waals surface area (Å²) in [4.78, 5) is 9.85. The molecule has 6 rings (SSSR count). The van der Waals surface area contributed by atoms with Crippen LogP contribution in [0.25, 0.3) is 43.7 Å². The van der Waals surface area contributed by atoms with Crippen LogP contribution in [0.1, 0.15) is 5.56 Å². The van der Waals surface area contributed by atoms with E-state index in [2.05, 4.69) is 72.8 Å². The van der Waals surface area contributed by atoms with Crippen molar-refractivity contribution in [3.63, 3.8) is 0 Å². The number of fused-ring (bicyclic) bond motifs is 3. The topological polar surface area (TPSA) is 25.2 Å². The smallest absolute Gasteiger partial charge is 0.302 e. The van der Waals surface area contributed by atoms with Crippen LogP contribution < -0.4 is 0 Å². The molecule has 158 valence electrons. The second kappa shape index (κ2) is 9.09. The molecular weight excluding hydrogens is 583 g/mol. The van der Waals surface area contributed by atoms with Gasteiger partial charge in [0.2, 0.25) is 0 Å². The van der Waals surface area contributed by atoms with Crippen LogP contribution in [-0.2, 0) is 21.1 Å². The summed E-state index contributed by atoms with van der Waals surface area (Å²) >= 11 is 0. The Hall–Kier alpha value is -3.61. The summed E-state index contributed by atoms with van der Waals surface area (Å²) in [6.07, 6.45) is 1.89. The van der Waals surface area contributed by atoms with Crippen molar-refractivity contribution in [3.8, 4) is 11.3 Å². The third-order valence-corrected chi connectivity index (χ3v) is 5.76. The Morgan fingerprint density at radius 1 is 0.667 bits per heavy atom. The predicted molar refractivity (Wildman–Crippen MR) is 134 cm³/mol. The molecule has 0 aliphatic rings. The van der Waals surface area contributed by atoms with E-state index in [0.717, 1.165) is 49.6 Å². The van der Waals surface area contributed by atoms with Gasteiger partial charge in [-0.1, -0.05) is 66.2 Å². The van der Waals surface area contributed by atoms with Gasteiger partial charge in [-0.15, -0.1) is 69.6 Å². The first-order chi connectivity index (χ1) is 15.9. The molecule has 1 heterocycles. The fourth-order valence-electron chi connectivity index (χ4n) is 4.18. The van der Waals surface area contributed by atoms with Crippen molar-refractivity contribution in [2.45, 2.75) is 0 Å². The van der Waals surface area contributed by atoms with Crippen molar-refractivity contribution in [1.29, 1.82) is 0 Å². The summed E-state index contributed by atoms with van der Waals surface area (Å²) in [5.74, 6) is 0. The van der Waals surface area contributed by atoms with Gasteiger partial charge in [0.05, 0.1) is 11.2 Å². The minimum atomic E-state index is 0. The van der Waals surface area contributed by atoms with E-state index in [0.29, 0.717) is 0 Å². The first kappa shape index (κ1) is 21.2. The van der Waals surface area contributed by atoms with Gasteiger partial charge in [0.15, 0.2) is 0 Å². The van der Waals surface area contributed by atoms with Crippen LogP contribution in [0.2, 0.25) is 0 Å². The number of hydrogen-bond acceptors (Lipinski definition) is 2. The second-order valence-electron chi connectivity index (χ2n) is 7.72. The van der Waals surface area contributed by atoms with E-state index in [1.54, 1.807) is 0 Å². The maximum Gasteiger partial charge on any atom is 2.00 e. The van der Waals surface area contributed by atoms with Gasteiger partial charge in [0.25, 0.3) is 0 Å². The van der Waals surface area contributed by atoms with Gasteiger partial charge in [-0.25, -0.2) is 0 Å². The second-order valence-corrected chi connectivity index (χ2v) is 7.72.